The van der Waals surface area contributed by atoms with Crippen molar-refractivity contribution in [3.63, 3.8) is 0 Å². The number of aryl methyl sites for hydroxylation is 1. The standard InChI is InChI=1S/C18H17ClN2O3/c1-13-16(17(19)21(20-13)14-5-3-2-4-6-14)11-15-7-8-18(24-15)12-22-9-10-23-18/h2-8,11H,9-10,12H2,1H3/b15-11-. The van der Waals surface area contributed by atoms with Crippen molar-refractivity contribution in [1.82, 2.24) is 9.78 Å². The predicted molar refractivity (Wildman–Crippen MR) is 91.0 cm³/mol. The molecule has 5 nitrogen and oxygen atoms in total. The highest BCUT2D eigenvalue weighted by atomic mass is 35.5. The number of nitrogens with zero attached hydrogens (tertiary/aromatic N) is 2. The van der Waals surface area contributed by atoms with Gasteiger partial charge in [0.2, 0.25) is 0 Å². The van der Waals surface area contributed by atoms with Gasteiger partial charge in [0.15, 0.2) is 0 Å². The molecule has 0 bridgehead atoms. The number of hydrogen-bond donors (Lipinski definition) is 0. The predicted octanol–water partition coefficient (Wildman–Crippen LogP) is 3.50. The lowest BCUT2D eigenvalue weighted by atomic mass is 10.2. The lowest BCUT2D eigenvalue weighted by Crippen LogP contribution is -2.41. The van der Waals surface area contributed by atoms with Crippen LogP contribution in [0.25, 0.3) is 11.8 Å². The Bertz CT molecular complexity index is 805. The molecule has 0 amide bonds. The second-order valence-electron chi connectivity index (χ2n) is 5.73. The van der Waals surface area contributed by atoms with Gasteiger partial charge in [-0.15, -0.1) is 0 Å². The molecule has 0 saturated carbocycles. The van der Waals surface area contributed by atoms with E-state index in [9.17, 15) is 0 Å². The molecule has 1 atom stereocenters. The normalized spacial score (nSPS) is 24.7. The number of benzene rings is 1. The van der Waals surface area contributed by atoms with Gasteiger partial charge in [0, 0.05) is 5.56 Å². The lowest BCUT2D eigenvalue weighted by Gasteiger charge is -2.31. The number of ether oxygens (including phenoxy) is 3. The number of rotatable bonds is 2. The average Bonchev–Trinajstić information content (AvgIpc) is 3.12. The summed E-state index contributed by atoms with van der Waals surface area (Å²) in [5.74, 6) is -0.127. The van der Waals surface area contributed by atoms with E-state index in [1.54, 1.807) is 4.68 Å². The molecule has 24 heavy (non-hydrogen) atoms. The number of aromatic nitrogens is 2. The van der Waals surface area contributed by atoms with Crippen molar-refractivity contribution in [2.75, 3.05) is 19.8 Å². The molecule has 1 aromatic heterocycles. The molecule has 0 aliphatic carbocycles. The van der Waals surface area contributed by atoms with E-state index in [-0.39, 0.29) is 0 Å². The van der Waals surface area contributed by atoms with Gasteiger partial charge in [-0.1, -0.05) is 29.8 Å². The summed E-state index contributed by atoms with van der Waals surface area (Å²) in [7, 11) is 0. The van der Waals surface area contributed by atoms with Crippen LogP contribution in [0.15, 0.2) is 48.2 Å². The molecule has 1 spiro atoms. The Labute approximate surface area is 145 Å². The summed E-state index contributed by atoms with van der Waals surface area (Å²) >= 11 is 6.54. The Morgan fingerprint density at radius 2 is 2.08 bits per heavy atom. The van der Waals surface area contributed by atoms with E-state index >= 15 is 0 Å². The van der Waals surface area contributed by atoms with E-state index < -0.39 is 5.79 Å². The van der Waals surface area contributed by atoms with Crippen LogP contribution in [0.1, 0.15) is 11.3 Å². The molecule has 6 heteroatoms. The fraction of sp³-hybridized carbons (Fsp3) is 0.278. The zero-order valence-electron chi connectivity index (χ0n) is 13.2. The maximum absolute atomic E-state index is 6.54. The first-order valence-corrected chi connectivity index (χ1v) is 8.17. The molecule has 0 radical (unpaired) electrons. The van der Waals surface area contributed by atoms with Gasteiger partial charge in [-0.3, -0.25) is 0 Å². The van der Waals surface area contributed by atoms with Crippen LogP contribution in [0, 0.1) is 6.92 Å². The molecular weight excluding hydrogens is 328 g/mol. The van der Waals surface area contributed by atoms with Crippen molar-refractivity contribution >= 4 is 17.7 Å². The molecule has 2 aromatic rings. The smallest absolute Gasteiger partial charge is 0.254 e. The minimum atomic E-state index is -0.806. The summed E-state index contributed by atoms with van der Waals surface area (Å²) in [6.45, 7) is 3.42. The molecule has 124 valence electrons. The van der Waals surface area contributed by atoms with E-state index in [4.69, 9.17) is 25.8 Å². The van der Waals surface area contributed by atoms with Crippen LogP contribution in [0.3, 0.4) is 0 Å². The van der Waals surface area contributed by atoms with Crippen LogP contribution in [0.5, 0.6) is 0 Å². The highest BCUT2D eigenvalue weighted by Gasteiger charge is 2.38. The maximum Gasteiger partial charge on any atom is 0.254 e. The third kappa shape index (κ3) is 2.75. The first kappa shape index (κ1) is 15.4. The summed E-state index contributed by atoms with van der Waals surface area (Å²) in [6, 6.07) is 9.79. The zero-order chi connectivity index (χ0) is 16.6. The minimum Gasteiger partial charge on any atom is -0.456 e. The first-order valence-electron chi connectivity index (χ1n) is 7.79. The number of hydrogen-bond acceptors (Lipinski definition) is 4. The van der Waals surface area contributed by atoms with E-state index in [0.29, 0.717) is 30.7 Å². The van der Waals surface area contributed by atoms with Crippen molar-refractivity contribution in [1.29, 1.82) is 0 Å². The summed E-state index contributed by atoms with van der Waals surface area (Å²) in [4.78, 5) is 0. The summed E-state index contributed by atoms with van der Waals surface area (Å²) in [5, 5.41) is 5.08. The third-order valence-corrected chi connectivity index (χ3v) is 4.37. The molecule has 2 aliphatic rings. The van der Waals surface area contributed by atoms with Crippen LogP contribution >= 0.6 is 11.6 Å². The molecule has 2 aliphatic heterocycles. The molecule has 1 unspecified atom stereocenters. The van der Waals surface area contributed by atoms with E-state index in [0.717, 1.165) is 16.9 Å². The van der Waals surface area contributed by atoms with Gasteiger partial charge in [0.25, 0.3) is 5.79 Å². The van der Waals surface area contributed by atoms with Gasteiger partial charge in [-0.25, -0.2) is 4.68 Å². The molecule has 1 saturated heterocycles. The SMILES string of the molecule is Cc1nn(-c2ccccc2)c(Cl)c1/C=C1/C=CC2(COCCO2)O1. The minimum absolute atomic E-state index is 0.386. The van der Waals surface area contributed by atoms with Gasteiger partial charge in [0.1, 0.15) is 17.5 Å². The van der Waals surface area contributed by atoms with Crippen molar-refractivity contribution in [3.05, 3.63) is 64.7 Å². The van der Waals surface area contributed by atoms with Gasteiger partial charge in [-0.2, -0.15) is 5.10 Å². The summed E-state index contributed by atoms with van der Waals surface area (Å²) in [5.41, 5.74) is 2.57. The highest BCUT2D eigenvalue weighted by molar-refractivity contribution is 6.31. The Kier molecular flexibility index (Phi) is 3.92. The number of halogens is 1. The van der Waals surface area contributed by atoms with Crippen LogP contribution in [-0.4, -0.2) is 35.4 Å². The van der Waals surface area contributed by atoms with Crippen molar-refractivity contribution in [2.24, 2.45) is 0 Å². The summed E-state index contributed by atoms with van der Waals surface area (Å²) in [6.07, 6.45) is 5.64. The fourth-order valence-corrected chi connectivity index (χ4v) is 3.12. The van der Waals surface area contributed by atoms with Gasteiger partial charge >= 0.3 is 0 Å². The maximum atomic E-state index is 6.54. The number of para-hydroxylation sites is 1. The second kappa shape index (κ2) is 6.09. The molecule has 0 N–H and O–H groups in total. The van der Waals surface area contributed by atoms with E-state index in [1.807, 2.05) is 55.5 Å². The van der Waals surface area contributed by atoms with Gasteiger partial charge in [0.05, 0.1) is 24.6 Å². The molecular formula is C18H17ClN2O3. The topological polar surface area (TPSA) is 45.5 Å². The fourth-order valence-electron chi connectivity index (χ4n) is 2.80. The van der Waals surface area contributed by atoms with Crippen molar-refractivity contribution in [3.8, 4) is 5.69 Å². The zero-order valence-corrected chi connectivity index (χ0v) is 14.0. The second-order valence-corrected chi connectivity index (χ2v) is 6.09. The molecule has 1 aromatic carbocycles. The molecule has 3 heterocycles. The molecule has 1 fully saturated rings. The van der Waals surface area contributed by atoms with Crippen LogP contribution in [-0.2, 0) is 14.2 Å². The van der Waals surface area contributed by atoms with E-state index in [2.05, 4.69) is 5.10 Å². The van der Waals surface area contributed by atoms with Gasteiger partial charge in [-0.05, 0) is 37.3 Å². The first-order chi connectivity index (χ1) is 11.7. The summed E-state index contributed by atoms with van der Waals surface area (Å²) < 4.78 is 18.8. The lowest BCUT2D eigenvalue weighted by molar-refractivity contribution is -0.239. The highest BCUT2D eigenvalue weighted by Crippen LogP contribution is 2.33. The third-order valence-electron chi connectivity index (χ3n) is 4.00. The van der Waals surface area contributed by atoms with Crippen molar-refractivity contribution in [2.45, 2.75) is 12.7 Å². The average molecular weight is 345 g/mol. The quantitative estimate of drug-likeness (QED) is 0.836. The Morgan fingerprint density at radius 1 is 1.25 bits per heavy atom. The largest absolute Gasteiger partial charge is 0.456 e. The number of allylic oxidation sites excluding steroid dienone is 1. The van der Waals surface area contributed by atoms with Crippen LogP contribution in [0.4, 0.5) is 0 Å². The van der Waals surface area contributed by atoms with Gasteiger partial charge < -0.3 is 14.2 Å². The Balaban J connectivity index is 1.64. The van der Waals surface area contributed by atoms with Crippen molar-refractivity contribution < 1.29 is 14.2 Å². The Morgan fingerprint density at radius 3 is 2.83 bits per heavy atom. The molecule has 4 rings (SSSR count). The van der Waals surface area contributed by atoms with Crippen LogP contribution < -0.4 is 0 Å². The van der Waals surface area contributed by atoms with Crippen LogP contribution in [0.2, 0.25) is 5.15 Å². The monoisotopic (exact) mass is 344 g/mol. The van der Waals surface area contributed by atoms with E-state index in [1.165, 1.54) is 0 Å². The Hall–Kier alpha value is -2.08.